The molecule has 0 saturated heterocycles. The van der Waals surface area contributed by atoms with Crippen LogP contribution in [0.25, 0.3) is 0 Å². The van der Waals surface area contributed by atoms with Crippen LogP contribution in [0.3, 0.4) is 0 Å². The first-order chi connectivity index (χ1) is 9.78. The van der Waals surface area contributed by atoms with Crippen molar-refractivity contribution in [3.63, 3.8) is 0 Å². The fourth-order valence-electron chi connectivity index (χ4n) is 1.74. The summed E-state index contributed by atoms with van der Waals surface area (Å²) in [5, 5.41) is 19.7. The van der Waals surface area contributed by atoms with Gasteiger partial charge in [0.25, 0.3) is 0 Å². The van der Waals surface area contributed by atoms with Gasteiger partial charge in [-0.05, 0) is 37.2 Å². The largest absolute Gasteiger partial charge is 0.396 e. The van der Waals surface area contributed by atoms with Crippen molar-refractivity contribution in [2.24, 2.45) is 0 Å². The Kier molecular flexibility index (Phi) is 5.52. The molecular weight excluding hydrogens is 272 g/mol. The number of benzene rings is 1. The van der Waals surface area contributed by atoms with Crippen molar-refractivity contribution in [1.82, 2.24) is 9.78 Å². The van der Waals surface area contributed by atoms with E-state index in [1.807, 2.05) is 47.3 Å². The van der Waals surface area contributed by atoms with Crippen LogP contribution >= 0.6 is 12.2 Å². The Morgan fingerprint density at radius 3 is 2.70 bits per heavy atom. The van der Waals surface area contributed by atoms with Crippen LogP contribution in [-0.2, 0) is 6.54 Å². The number of nitrogens with zero attached hydrogens (tertiary/aromatic N) is 2. The van der Waals surface area contributed by atoms with Gasteiger partial charge in [-0.15, -0.1) is 0 Å². The average Bonchev–Trinajstić information content (AvgIpc) is 2.87. The standard InChI is InChI=1S/C14H18N4OS/c19-11-5-4-9-18-10-8-13(17-18)16-14(20)15-12-6-2-1-3-7-12/h1-3,6-8,10,19H,4-5,9,11H2,(H2,15,16,17,20). The minimum atomic E-state index is 0.220. The highest BCUT2D eigenvalue weighted by molar-refractivity contribution is 7.80. The van der Waals surface area contributed by atoms with E-state index < -0.39 is 0 Å². The van der Waals surface area contributed by atoms with Crippen LogP contribution < -0.4 is 10.6 Å². The first kappa shape index (κ1) is 14.5. The third-order valence-corrected chi connectivity index (χ3v) is 2.91. The van der Waals surface area contributed by atoms with Crippen LogP contribution in [0.15, 0.2) is 42.6 Å². The predicted octanol–water partition coefficient (Wildman–Crippen LogP) is 2.46. The van der Waals surface area contributed by atoms with Gasteiger partial charge in [0.1, 0.15) is 0 Å². The van der Waals surface area contributed by atoms with Gasteiger partial charge < -0.3 is 15.7 Å². The number of unbranched alkanes of at least 4 members (excludes halogenated alkanes) is 1. The van der Waals surface area contributed by atoms with Gasteiger partial charge in [0.2, 0.25) is 0 Å². The molecule has 0 atom stereocenters. The maximum Gasteiger partial charge on any atom is 0.176 e. The van der Waals surface area contributed by atoms with E-state index in [0.717, 1.165) is 25.1 Å². The molecule has 6 heteroatoms. The SMILES string of the molecule is OCCCCn1ccc(NC(=S)Nc2ccccc2)n1. The van der Waals surface area contributed by atoms with Crippen molar-refractivity contribution < 1.29 is 5.11 Å². The van der Waals surface area contributed by atoms with Gasteiger partial charge in [0.05, 0.1) is 0 Å². The Morgan fingerprint density at radius 1 is 1.15 bits per heavy atom. The molecule has 0 amide bonds. The zero-order valence-electron chi connectivity index (χ0n) is 11.1. The summed E-state index contributed by atoms with van der Waals surface area (Å²) in [4.78, 5) is 0. The number of rotatable bonds is 6. The van der Waals surface area contributed by atoms with E-state index in [1.54, 1.807) is 0 Å². The van der Waals surface area contributed by atoms with Crippen LogP contribution in [0, 0.1) is 0 Å². The zero-order valence-corrected chi connectivity index (χ0v) is 11.9. The summed E-state index contributed by atoms with van der Waals surface area (Å²) in [5.74, 6) is 0.711. The molecule has 5 nitrogen and oxygen atoms in total. The fraction of sp³-hybridized carbons (Fsp3) is 0.286. The molecule has 0 aliphatic heterocycles. The number of thiocarbonyl (C=S) groups is 1. The second kappa shape index (κ2) is 7.62. The van der Waals surface area contributed by atoms with Gasteiger partial charge in [-0.25, -0.2) is 0 Å². The molecule has 3 N–H and O–H groups in total. The van der Waals surface area contributed by atoms with Gasteiger partial charge in [-0.3, -0.25) is 4.68 Å². The van der Waals surface area contributed by atoms with Gasteiger partial charge in [-0.1, -0.05) is 18.2 Å². The van der Waals surface area contributed by atoms with Crippen LogP contribution in [-0.4, -0.2) is 26.6 Å². The lowest BCUT2D eigenvalue weighted by Gasteiger charge is -2.08. The molecule has 0 aliphatic carbocycles. The summed E-state index contributed by atoms with van der Waals surface area (Å²) in [7, 11) is 0. The second-order valence-corrected chi connectivity index (χ2v) is 4.75. The minimum absolute atomic E-state index is 0.220. The molecule has 1 aromatic carbocycles. The summed E-state index contributed by atoms with van der Waals surface area (Å²) < 4.78 is 1.84. The Bertz CT molecular complexity index is 541. The Hall–Kier alpha value is -1.92. The maximum atomic E-state index is 8.74. The minimum Gasteiger partial charge on any atom is -0.396 e. The summed E-state index contributed by atoms with van der Waals surface area (Å²) >= 11 is 5.23. The molecule has 0 radical (unpaired) electrons. The lowest BCUT2D eigenvalue weighted by atomic mass is 10.3. The lowest BCUT2D eigenvalue weighted by molar-refractivity contribution is 0.280. The van der Waals surface area contributed by atoms with Gasteiger partial charge >= 0.3 is 0 Å². The molecule has 0 saturated carbocycles. The molecule has 0 aliphatic rings. The van der Waals surface area contributed by atoms with Gasteiger partial charge in [-0.2, -0.15) is 5.10 Å². The van der Waals surface area contributed by atoms with Crippen LogP contribution in [0.2, 0.25) is 0 Å². The molecular formula is C14H18N4OS. The third kappa shape index (κ3) is 4.64. The number of aromatic nitrogens is 2. The number of aryl methyl sites for hydroxylation is 1. The number of anilines is 2. The fourth-order valence-corrected chi connectivity index (χ4v) is 1.96. The summed E-state index contributed by atoms with van der Waals surface area (Å²) in [6.07, 6.45) is 3.59. The highest BCUT2D eigenvalue weighted by Gasteiger charge is 2.02. The topological polar surface area (TPSA) is 62.1 Å². The van der Waals surface area contributed by atoms with E-state index >= 15 is 0 Å². The highest BCUT2D eigenvalue weighted by Crippen LogP contribution is 2.08. The van der Waals surface area contributed by atoms with Crippen molar-refractivity contribution >= 4 is 28.8 Å². The quantitative estimate of drug-likeness (QED) is 0.563. The lowest BCUT2D eigenvalue weighted by Crippen LogP contribution is -2.19. The van der Waals surface area contributed by atoms with Gasteiger partial charge in [0, 0.05) is 31.1 Å². The van der Waals surface area contributed by atoms with E-state index in [9.17, 15) is 0 Å². The number of para-hydroxylation sites is 1. The molecule has 2 rings (SSSR count). The molecule has 0 fully saturated rings. The molecule has 1 aromatic heterocycles. The molecule has 1 heterocycles. The Labute approximate surface area is 123 Å². The number of hydrogen-bond acceptors (Lipinski definition) is 3. The van der Waals surface area contributed by atoms with E-state index in [0.29, 0.717) is 10.9 Å². The number of aliphatic hydroxyl groups excluding tert-OH is 1. The first-order valence-corrected chi connectivity index (χ1v) is 6.96. The Balaban J connectivity index is 1.82. The second-order valence-electron chi connectivity index (χ2n) is 4.34. The molecule has 0 unspecified atom stereocenters. The molecule has 106 valence electrons. The first-order valence-electron chi connectivity index (χ1n) is 6.55. The van der Waals surface area contributed by atoms with Crippen LogP contribution in [0.1, 0.15) is 12.8 Å². The average molecular weight is 290 g/mol. The number of aliphatic hydroxyl groups is 1. The number of hydrogen-bond donors (Lipinski definition) is 3. The van der Waals surface area contributed by atoms with E-state index in [4.69, 9.17) is 17.3 Å². The molecule has 2 aromatic rings. The van der Waals surface area contributed by atoms with Crippen molar-refractivity contribution in [2.45, 2.75) is 19.4 Å². The summed E-state index contributed by atoms with van der Waals surface area (Å²) in [5.41, 5.74) is 0.937. The normalized spacial score (nSPS) is 10.2. The van der Waals surface area contributed by atoms with Crippen LogP contribution in [0.4, 0.5) is 11.5 Å². The number of nitrogens with one attached hydrogen (secondary N) is 2. The van der Waals surface area contributed by atoms with Crippen LogP contribution in [0.5, 0.6) is 0 Å². The summed E-state index contributed by atoms with van der Waals surface area (Å²) in [6.45, 7) is 1.01. The molecule has 0 bridgehead atoms. The Morgan fingerprint density at radius 2 is 1.95 bits per heavy atom. The van der Waals surface area contributed by atoms with Crippen molar-refractivity contribution in [2.75, 3.05) is 17.2 Å². The van der Waals surface area contributed by atoms with Crippen molar-refractivity contribution in [3.05, 3.63) is 42.6 Å². The molecule has 0 spiro atoms. The van der Waals surface area contributed by atoms with Crippen molar-refractivity contribution in [1.29, 1.82) is 0 Å². The highest BCUT2D eigenvalue weighted by atomic mass is 32.1. The van der Waals surface area contributed by atoms with Gasteiger partial charge in [0.15, 0.2) is 10.9 Å². The van der Waals surface area contributed by atoms with E-state index in [2.05, 4.69) is 15.7 Å². The van der Waals surface area contributed by atoms with E-state index in [1.165, 1.54) is 0 Å². The summed E-state index contributed by atoms with van der Waals surface area (Å²) in [6, 6.07) is 11.6. The van der Waals surface area contributed by atoms with E-state index in [-0.39, 0.29) is 6.61 Å². The molecule has 20 heavy (non-hydrogen) atoms. The third-order valence-electron chi connectivity index (χ3n) is 2.71. The predicted molar refractivity (Wildman–Crippen MR) is 84.8 cm³/mol. The zero-order chi connectivity index (χ0) is 14.2. The smallest absolute Gasteiger partial charge is 0.176 e. The van der Waals surface area contributed by atoms with Crippen molar-refractivity contribution in [3.8, 4) is 0 Å². The maximum absolute atomic E-state index is 8.74. The monoisotopic (exact) mass is 290 g/mol.